The molecule has 0 heteroatoms. The minimum absolute atomic E-state index is 1.08. The van der Waals surface area contributed by atoms with Crippen molar-refractivity contribution in [2.75, 3.05) is 0 Å². The van der Waals surface area contributed by atoms with E-state index in [9.17, 15) is 0 Å². The molecule has 2 rings (SSSR count). The van der Waals surface area contributed by atoms with Gasteiger partial charge in [0.05, 0.1) is 0 Å². The van der Waals surface area contributed by atoms with Crippen LogP contribution in [0.4, 0.5) is 0 Å². The average molecular weight is 150 g/mol. The maximum absolute atomic E-state index is 2.46. The molecule has 0 saturated heterocycles. The molecule has 2 fully saturated rings. The molecule has 0 aromatic heterocycles. The maximum atomic E-state index is 2.46. The normalized spacial score (nSPS) is 35.9. The van der Waals surface area contributed by atoms with Crippen molar-refractivity contribution in [1.82, 2.24) is 0 Å². The molecule has 2 saturated carbocycles. The number of hydrogen-bond donors (Lipinski definition) is 0. The summed E-state index contributed by atoms with van der Waals surface area (Å²) < 4.78 is 0. The molecule has 11 heavy (non-hydrogen) atoms. The van der Waals surface area contributed by atoms with E-state index in [0.29, 0.717) is 0 Å². The molecule has 62 valence electrons. The van der Waals surface area contributed by atoms with Gasteiger partial charge in [-0.25, -0.2) is 0 Å². The molecule has 0 heterocycles. The lowest BCUT2D eigenvalue weighted by atomic mass is 9.85. The van der Waals surface area contributed by atoms with Crippen LogP contribution < -0.4 is 0 Å². The minimum atomic E-state index is 1.08. The molecule has 2 atom stereocenters. The van der Waals surface area contributed by atoms with Crippen LogP contribution in [0.3, 0.4) is 0 Å². The zero-order valence-electron chi connectivity index (χ0n) is 7.47. The van der Waals surface area contributed by atoms with Gasteiger partial charge in [0.25, 0.3) is 0 Å². The highest BCUT2D eigenvalue weighted by molar-refractivity contribution is 5.09. The first-order valence-electron chi connectivity index (χ1n) is 5.06. The summed E-state index contributed by atoms with van der Waals surface area (Å²) in [6.45, 7) is 2.25. The summed E-state index contributed by atoms with van der Waals surface area (Å²) in [6, 6.07) is 0. The second-order valence-corrected chi connectivity index (χ2v) is 4.22. The van der Waals surface area contributed by atoms with Gasteiger partial charge in [-0.3, -0.25) is 0 Å². The third kappa shape index (κ3) is 1.50. The molecule has 0 N–H and O–H groups in total. The van der Waals surface area contributed by atoms with Crippen LogP contribution >= 0.6 is 0 Å². The molecule has 0 spiro atoms. The molecule has 2 aliphatic carbocycles. The Bertz CT molecular complexity index is 153. The van der Waals surface area contributed by atoms with E-state index in [4.69, 9.17) is 0 Å². The van der Waals surface area contributed by atoms with Crippen LogP contribution in [0.15, 0.2) is 11.6 Å². The Morgan fingerprint density at radius 1 is 1.27 bits per heavy atom. The molecular formula is C11H18. The lowest BCUT2D eigenvalue weighted by Crippen LogP contribution is -2.07. The van der Waals surface area contributed by atoms with Gasteiger partial charge in [-0.15, -0.1) is 0 Å². The quantitative estimate of drug-likeness (QED) is 0.502. The molecule has 0 aliphatic heterocycles. The van der Waals surface area contributed by atoms with Crippen LogP contribution in [0, 0.1) is 11.8 Å². The topological polar surface area (TPSA) is 0 Å². The lowest BCUT2D eigenvalue weighted by Gasteiger charge is -2.21. The van der Waals surface area contributed by atoms with E-state index in [1.165, 1.54) is 32.1 Å². The number of allylic oxidation sites excluding steroid dienone is 2. The second-order valence-electron chi connectivity index (χ2n) is 4.22. The van der Waals surface area contributed by atoms with Gasteiger partial charge in [-0.2, -0.15) is 0 Å². The molecule has 0 aromatic carbocycles. The van der Waals surface area contributed by atoms with Gasteiger partial charge in [0.1, 0.15) is 0 Å². The van der Waals surface area contributed by atoms with E-state index in [1.54, 1.807) is 12.0 Å². The van der Waals surface area contributed by atoms with Gasteiger partial charge < -0.3 is 0 Å². The Balaban J connectivity index is 2.02. The van der Waals surface area contributed by atoms with Crippen LogP contribution in [0.5, 0.6) is 0 Å². The number of rotatable bonds is 1. The van der Waals surface area contributed by atoms with Gasteiger partial charge >= 0.3 is 0 Å². The first-order valence-corrected chi connectivity index (χ1v) is 5.06. The van der Waals surface area contributed by atoms with Gasteiger partial charge in [0, 0.05) is 0 Å². The smallest absolute Gasteiger partial charge is 0.0292 e. The Hall–Kier alpha value is -0.260. The SMILES string of the molecule is CCC=C1CC2CCC(C1)C2. The zero-order chi connectivity index (χ0) is 7.68. The van der Waals surface area contributed by atoms with Gasteiger partial charge in [-0.1, -0.05) is 18.6 Å². The summed E-state index contributed by atoms with van der Waals surface area (Å²) in [6.07, 6.45) is 11.2. The van der Waals surface area contributed by atoms with Crippen molar-refractivity contribution in [3.05, 3.63) is 11.6 Å². The van der Waals surface area contributed by atoms with Gasteiger partial charge in [0.15, 0.2) is 0 Å². The standard InChI is InChI=1S/C11H18/c1-2-3-9-6-10-4-5-11(7-9)8-10/h3,10-11H,2,4-8H2,1H3. The van der Waals surface area contributed by atoms with E-state index in [2.05, 4.69) is 13.0 Å². The Morgan fingerprint density at radius 3 is 2.45 bits per heavy atom. The first kappa shape index (κ1) is 7.39. The predicted molar refractivity (Wildman–Crippen MR) is 48.4 cm³/mol. The molecule has 2 bridgehead atoms. The summed E-state index contributed by atoms with van der Waals surface area (Å²) in [5.41, 5.74) is 1.77. The lowest BCUT2D eigenvalue weighted by molar-refractivity contribution is 0.426. The molecular weight excluding hydrogens is 132 g/mol. The highest BCUT2D eigenvalue weighted by atomic mass is 14.4. The van der Waals surface area contributed by atoms with E-state index < -0.39 is 0 Å². The molecule has 0 amide bonds. The van der Waals surface area contributed by atoms with Crippen molar-refractivity contribution in [3.63, 3.8) is 0 Å². The van der Waals surface area contributed by atoms with Crippen molar-refractivity contribution in [2.24, 2.45) is 11.8 Å². The first-order chi connectivity index (χ1) is 5.38. The fourth-order valence-electron chi connectivity index (χ4n) is 2.83. The van der Waals surface area contributed by atoms with E-state index in [-0.39, 0.29) is 0 Å². The van der Waals surface area contributed by atoms with Crippen LogP contribution in [-0.4, -0.2) is 0 Å². The van der Waals surface area contributed by atoms with Crippen molar-refractivity contribution in [1.29, 1.82) is 0 Å². The summed E-state index contributed by atoms with van der Waals surface area (Å²) in [5, 5.41) is 0. The fraction of sp³-hybridized carbons (Fsp3) is 0.818. The third-order valence-electron chi connectivity index (χ3n) is 3.24. The Morgan fingerprint density at radius 2 is 1.91 bits per heavy atom. The van der Waals surface area contributed by atoms with Crippen molar-refractivity contribution < 1.29 is 0 Å². The van der Waals surface area contributed by atoms with Crippen molar-refractivity contribution in [3.8, 4) is 0 Å². The molecule has 2 aliphatic rings. The second kappa shape index (κ2) is 3.00. The Labute approximate surface area is 69.7 Å². The highest BCUT2D eigenvalue weighted by Crippen LogP contribution is 2.44. The summed E-state index contributed by atoms with van der Waals surface area (Å²) in [4.78, 5) is 0. The molecule has 0 radical (unpaired) electrons. The largest absolute Gasteiger partial charge is 0.0856 e. The third-order valence-corrected chi connectivity index (χ3v) is 3.24. The maximum Gasteiger partial charge on any atom is -0.0292 e. The number of hydrogen-bond acceptors (Lipinski definition) is 0. The predicted octanol–water partition coefficient (Wildman–Crippen LogP) is 3.53. The van der Waals surface area contributed by atoms with Crippen LogP contribution in [0.25, 0.3) is 0 Å². The average Bonchev–Trinajstić information content (AvgIpc) is 2.32. The highest BCUT2D eigenvalue weighted by Gasteiger charge is 2.30. The van der Waals surface area contributed by atoms with E-state index in [1.807, 2.05) is 0 Å². The van der Waals surface area contributed by atoms with Gasteiger partial charge in [0.2, 0.25) is 0 Å². The van der Waals surface area contributed by atoms with Crippen LogP contribution in [0.1, 0.15) is 45.4 Å². The monoisotopic (exact) mass is 150 g/mol. The number of fused-ring (bicyclic) bond motifs is 2. The van der Waals surface area contributed by atoms with Crippen molar-refractivity contribution >= 4 is 0 Å². The van der Waals surface area contributed by atoms with E-state index >= 15 is 0 Å². The molecule has 2 unspecified atom stereocenters. The fourth-order valence-corrected chi connectivity index (χ4v) is 2.83. The summed E-state index contributed by atoms with van der Waals surface area (Å²) in [5.74, 6) is 2.15. The minimum Gasteiger partial charge on any atom is -0.0856 e. The van der Waals surface area contributed by atoms with Crippen LogP contribution in [-0.2, 0) is 0 Å². The molecule has 0 aromatic rings. The van der Waals surface area contributed by atoms with Gasteiger partial charge in [-0.05, 0) is 50.4 Å². The summed E-state index contributed by atoms with van der Waals surface area (Å²) >= 11 is 0. The van der Waals surface area contributed by atoms with Crippen LogP contribution in [0.2, 0.25) is 0 Å². The molecule has 0 nitrogen and oxygen atoms in total. The summed E-state index contributed by atoms with van der Waals surface area (Å²) in [7, 11) is 0. The van der Waals surface area contributed by atoms with E-state index in [0.717, 1.165) is 11.8 Å². The zero-order valence-corrected chi connectivity index (χ0v) is 7.47. The van der Waals surface area contributed by atoms with Crippen molar-refractivity contribution in [2.45, 2.75) is 45.4 Å². The Kier molecular flexibility index (Phi) is 2.02.